The highest BCUT2D eigenvalue weighted by Crippen LogP contribution is 2.33. The van der Waals surface area contributed by atoms with Crippen LogP contribution in [-0.2, 0) is 10.2 Å². The number of anilines is 2. The van der Waals surface area contributed by atoms with Gasteiger partial charge in [0.1, 0.15) is 6.11 Å². The minimum Gasteiger partial charge on any atom is -0.406 e. The molecule has 2 aromatic heterocycles. The molecule has 4 rings (SSSR count). The van der Waals surface area contributed by atoms with E-state index in [9.17, 15) is 4.79 Å². The number of terminal acetylenes is 1. The zero-order valence-electron chi connectivity index (χ0n) is 28.5. The lowest BCUT2D eigenvalue weighted by Crippen LogP contribution is -2.22. The van der Waals surface area contributed by atoms with Crippen molar-refractivity contribution in [3.63, 3.8) is 0 Å². The average Bonchev–Trinajstić information content (AvgIpc) is 3.60. The molecule has 0 aliphatic heterocycles. The molecule has 2 heterocycles. The van der Waals surface area contributed by atoms with Gasteiger partial charge in [0.15, 0.2) is 17.2 Å². The number of hydrogen-bond donors (Lipinski definition) is 1. The summed E-state index contributed by atoms with van der Waals surface area (Å²) in [4.78, 5) is 15.5. The van der Waals surface area contributed by atoms with E-state index in [-0.39, 0.29) is 17.2 Å². The molecule has 8 nitrogen and oxygen atoms in total. The summed E-state index contributed by atoms with van der Waals surface area (Å²) in [6.45, 7) is 19.0. The van der Waals surface area contributed by atoms with Crippen molar-refractivity contribution in [3.8, 4) is 41.5 Å². The third-order valence-electron chi connectivity index (χ3n) is 8.27. The number of carbonyl (C=O) groups excluding carboxylic acids is 1. The van der Waals surface area contributed by atoms with Crippen LogP contribution in [0.2, 0.25) is 0 Å². The fraction of sp³-hybridized carbons (Fsp3) is 0.421. The fourth-order valence-corrected chi connectivity index (χ4v) is 5.62. The van der Waals surface area contributed by atoms with Crippen LogP contribution in [-0.4, -0.2) is 38.8 Å². The van der Waals surface area contributed by atoms with Gasteiger partial charge in [-0.25, -0.2) is 0 Å². The standard InChI is InChI=1S/C38H46N6O2/c1-10-15-17-27(12-3)37(45)39-29-19-21-33(46-22-16-11-2)31(25-29)35-40-41-36-32(34(38(7,8)9)42-44(35)36)24-28-18-20-30(23-26(28)6)43(13-4)14-5/h2,18-21,23-25,27H,10,12-15,17H2,1,3-9H3,(H,39,45)/b32-24-. The van der Waals surface area contributed by atoms with Crippen LogP contribution in [0.4, 0.5) is 11.4 Å². The number of nitrogens with zero attached hydrogens (tertiary/aromatic N) is 5. The van der Waals surface area contributed by atoms with Gasteiger partial charge in [0.25, 0.3) is 0 Å². The summed E-state index contributed by atoms with van der Waals surface area (Å²) in [6, 6.07) is 11.9. The molecule has 1 unspecified atom stereocenters. The van der Waals surface area contributed by atoms with Crippen molar-refractivity contribution in [1.29, 1.82) is 0 Å². The van der Waals surface area contributed by atoms with Crippen LogP contribution >= 0.6 is 0 Å². The summed E-state index contributed by atoms with van der Waals surface area (Å²) in [5.41, 5.74) is 5.92. The average molecular weight is 619 g/mol. The highest BCUT2D eigenvalue weighted by molar-refractivity contribution is 5.93. The van der Waals surface area contributed by atoms with Crippen molar-refractivity contribution in [3.05, 3.63) is 58.4 Å². The van der Waals surface area contributed by atoms with Gasteiger partial charge < -0.3 is 15.0 Å². The maximum absolute atomic E-state index is 13.2. The number of amides is 1. The number of carbonyl (C=O) groups is 1. The SMILES string of the molecule is C#CC#COc1ccc(NC(=O)C(CC)CCCC)cc1-c1nnc2/c(=C\c3ccc(N(CC)CC)cc3C)c(C(C)(C)C)nn12. The Morgan fingerprint density at radius 1 is 1.11 bits per heavy atom. The molecule has 0 saturated heterocycles. The van der Waals surface area contributed by atoms with E-state index >= 15 is 0 Å². The Labute approximate surface area is 273 Å². The Kier molecular flexibility index (Phi) is 11.1. The lowest BCUT2D eigenvalue weighted by atomic mass is 9.90. The highest BCUT2D eigenvalue weighted by atomic mass is 16.5. The van der Waals surface area contributed by atoms with Gasteiger partial charge in [0.2, 0.25) is 5.91 Å². The third kappa shape index (κ3) is 7.51. The molecule has 0 fully saturated rings. The van der Waals surface area contributed by atoms with E-state index in [1.807, 2.05) is 13.0 Å². The molecule has 1 N–H and O–H groups in total. The van der Waals surface area contributed by atoms with Crippen LogP contribution in [0, 0.1) is 37.2 Å². The molecule has 8 heteroatoms. The molecular weight excluding hydrogens is 572 g/mol. The lowest BCUT2D eigenvalue weighted by molar-refractivity contribution is -0.120. The molecule has 4 aromatic rings. The second-order valence-corrected chi connectivity index (χ2v) is 12.5. The van der Waals surface area contributed by atoms with E-state index in [1.165, 1.54) is 11.3 Å². The fourth-order valence-electron chi connectivity index (χ4n) is 5.62. The van der Waals surface area contributed by atoms with E-state index in [0.717, 1.165) is 55.2 Å². The van der Waals surface area contributed by atoms with Crippen LogP contribution < -0.4 is 20.2 Å². The van der Waals surface area contributed by atoms with Gasteiger partial charge in [-0.05, 0) is 87.1 Å². The van der Waals surface area contributed by atoms with E-state index in [2.05, 4.69) is 111 Å². The zero-order valence-corrected chi connectivity index (χ0v) is 28.5. The summed E-state index contributed by atoms with van der Waals surface area (Å²) in [5, 5.41) is 18.3. The molecular formula is C38H46N6O2. The Bertz CT molecular complexity index is 1840. The number of unbranched alkanes of at least 4 members (excludes halogenated alkanes) is 1. The Morgan fingerprint density at radius 2 is 1.87 bits per heavy atom. The second kappa shape index (κ2) is 15.0. The normalized spacial score (nSPS) is 12.4. The van der Waals surface area contributed by atoms with Crippen molar-refractivity contribution in [2.75, 3.05) is 23.3 Å². The first-order chi connectivity index (χ1) is 22.1. The number of aryl methyl sites for hydroxylation is 1. The first kappa shape index (κ1) is 34.1. The van der Waals surface area contributed by atoms with Crippen molar-refractivity contribution < 1.29 is 9.53 Å². The Morgan fingerprint density at radius 3 is 2.50 bits per heavy atom. The van der Waals surface area contributed by atoms with Crippen LogP contribution in [0.5, 0.6) is 5.75 Å². The predicted molar refractivity (Wildman–Crippen MR) is 188 cm³/mol. The predicted octanol–water partition coefficient (Wildman–Crippen LogP) is 6.92. The summed E-state index contributed by atoms with van der Waals surface area (Å²) in [5.74, 6) is 5.61. The van der Waals surface area contributed by atoms with Crippen LogP contribution in [0.3, 0.4) is 0 Å². The monoisotopic (exact) mass is 618 g/mol. The van der Waals surface area contributed by atoms with Crippen molar-refractivity contribution in [2.45, 2.75) is 86.5 Å². The molecule has 0 bridgehead atoms. The molecule has 0 spiro atoms. The van der Waals surface area contributed by atoms with E-state index in [1.54, 1.807) is 16.6 Å². The summed E-state index contributed by atoms with van der Waals surface area (Å²) in [6.07, 6.45) is 13.7. The van der Waals surface area contributed by atoms with Gasteiger partial charge in [-0.15, -0.1) is 16.6 Å². The van der Waals surface area contributed by atoms with Crippen LogP contribution in [0.25, 0.3) is 23.1 Å². The molecule has 2 aromatic carbocycles. The minimum absolute atomic E-state index is 0.00481. The summed E-state index contributed by atoms with van der Waals surface area (Å²) < 4.78 is 7.51. The maximum Gasteiger partial charge on any atom is 0.227 e. The first-order valence-electron chi connectivity index (χ1n) is 16.3. The molecule has 0 radical (unpaired) electrons. The van der Waals surface area contributed by atoms with Gasteiger partial charge in [0, 0.05) is 46.9 Å². The number of fused-ring (bicyclic) bond motifs is 1. The molecule has 0 aliphatic rings. The number of rotatable bonds is 12. The van der Waals surface area contributed by atoms with Crippen molar-refractivity contribution in [1.82, 2.24) is 19.8 Å². The minimum atomic E-state index is -0.278. The summed E-state index contributed by atoms with van der Waals surface area (Å²) in [7, 11) is 0. The van der Waals surface area contributed by atoms with Gasteiger partial charge in [0.05, 0.1) is 11.3 Å². The molecule has 1 amide bonds. The highest BCUT2D eigenvalue weighted by Gasteiger charge is 2.26. The number of nitrogens with one attached hydrogen (secondary N) is 1. The molecule has 1 atom stereocenters. The Balaban J connectivity index is 1.86. The topological polar surface area (TPSA) is 84.6 Å². The lowest BCUT2D eigenvalue weighted by Gasteiger charge is -2.22. The molecule has 0 aliphatic carbocycles. The molecule has 240 valence electrons. The van der Waals surface area contributed by atoms with Crippen LogP contribution in [0.15, 0.2) is 36.4 Å². The number of aromatic nitrogens is 4. The quantitative estimate of drug-likeness (QED) is 0.174. The number of ether oxygens (including phenoxy) is 1. The summed E-state index contributed by atoms with van der Waals surface area (Å²) >= 11 is 0. The largest absolute Gasteiger partial charge is 0.406 e. The van der Waals surface area contributed by atoms with Crippen LogP contribution in [0.1, 0.15) is 91.0 Å². The number of hydrogen-bond acceptors (Lipinski definition) is 6. The zero-order chi connectivity index (χ0) is 33.4. The van der Waals surface area contributed by atoms with E-state index < -0.39 is 0 Å². The maximum atomic E-state index is 13.2. The van der Waals surface area contributed by atoms with Gasteiger partial charge in [-0.1, -0.05) is 53.5 Å². The van der Waals surface area contributed by atoms with Gasteiger partial charge >= 0.3 is 0 Å². The molecule has 46 heavy (non-hydrogen) atoms. The Hall–Kier alpha value is -4.82. The second-order valence-electron chi connectivity index (χ2n) is 12.5. The number of benzene rings is 2. The van der Waals surface area contributed by atoms with E-state index in [4.69, 9.17) is 16.3 Å². The molecule has 0 saturated carbocycles. The van der Waals surface area contributed by atoms with Crippen molar-refractivity contribution >= 4 is 29.0 Å². The third-order valence-corrected chi connectivity index (χ3v) is 8.27. The van der Waals surface area contributed by atoms with Gasteiger partial charge in [-0.2, -0.15) is 9.61 Å². The smallest absolute Gasteiger partial charge is 0.227 e. The van der Waals surface area contributed by atoms with Crippen molar-refractivity contribution in [2.24, 2.45) is 5.92 Å². The van der Waals surface area contributed by atoms with E-state index in [0.29, 0.717) is 28.5 Å². The van der Waals surface area contributed by atoms with Gasteiger partial charge in [-0.3, -0.25) is 4.79 Å². The first-order valence-corrected chi connectivity index (χ1v) is 16.3.